The maximum Gasteiger partial charge on any atom is 0.201 e. The highest BCUT2D eigenvalue weighted by atomic mass is 19.1. The molecule has 0 N–H and O–H groups in total. The molecule has 0 radical (unpaired) electrons. The number of rotatable bonds is 3. The Balaban J connectivity index is 2.58. The molecule has 0 aliphatic rings. The molecule has 0 unspecified atom stereocenters. The van der Waals surface area contributed by atoms with Crippen LogP contribution in [0.25, 0.3) is 0 Å². The Morgan fingerprint density at radius 1 is 0.905 bits per heavy atom. The fourth-order valence-corrected chi connectivity index (χ4v) is 1.85. The smallest absolute Gasteiger partial charge is 0.201 e. The van der Waals surface area contributed by atoms with Crippen LogP contribution in [-0.2, 0) is 0 Å². The molecule has 0 fully saturated rings. The third-order valence-corrected chi connectivity index (χ3v) is 2.97. The quantitative estimate of drug-likeness (QED) is 0.636. The third-order valence-electron chi connectivity index (χ3n) is 2.97. The lowest BCUT2D eigenvalue weighted by Crippen LogP contribution is -2.11. The summed E-state index contributed by atoms with van der Waals surface area (Å²) < 4.78 is 59.1. The number of hydrogen-bond donors (Lipinski definition) is 0. The van der Waals surface area contributed by atoms with E-state index in [1.54, 1.807) is 0 Å². The molecule has 0 saturated heterocycles. The van der Waals surface area contributed by atoms with E-state index in [1.807, 2.05) is 0 Å². The molecule has 2 aromatic carbocycles. The van der Waals surface area contributed by atoms with Gasteiger partial charge in [-0.05, 0) is 18.6 Å². The molecule has 0 atom stereocenters. The van der Waals surface area contributed by atoms with Crippen LogP contribution in [0.2, 0.25) is 0 Å². The van der Waals surface area contributed by atoms with Gasteiger partial charge in [-0.25, -0.2) is 17.6 Å². The lowest BCUT2D eigenvalue weighted by molar-refractivity contribution is 0.102. The van der Waals surface area contributed by atoms with Gasteiger partial charge in [-0.1, -0.05) is 0 Å². The zero-order chi connectivity index (χ0) is 15.7. The van der Waals surface area contributed by atoms with Crippen LogP contribution in [0, 0.1) is 30.2 Å². The van der Waals surface area contributed by atoms with E-state index in [2.05, 4.69) is 4.74 Å². The van der Waals surface area contributed by atoms with Gasteiger partial charge in [0.2, 0.25) is 5.78 Å². The second-order valence-electron chi connectivity index (χ2n) is 4.38. The summed E-state index contributed by atoms with van der Waals surface area (Å²) in [6.07, 6.45) is 0. The minimum Gasteiger partial charge on any atom is -0.497 e. The Morgan fingerprint density at radius 3 is 2.00 bits per heavy atom. The van der Waals surface area contributed by atoms with Crippen LogP contribution in [-0.4, -0.2) is 12.9 Å². The van der Waals surface area contributed by atoms with Crippen LogP contribution in [0.1, 0.15) is 21.5 Å². The molecule has 21 heavy (non-hydrogen) atoms. The van der Waals surface area contributed by atoms with Crippen LogP contribution in [0.5, 0.6) is 5.75 Å². The summed E-state index contributed by atoms with van der Waals surface area (Å²) in [4.78, 5) is 12.1. The van der Waals surface area contributed by atoms with Gasteiger partial charge in [0.1, 0.15) is 29.0 Å². The predicted molar refractivity (Wildman–Crippen MR) is 67.4 cm³/mol. The van der Waals surface area contributed by atoms with E-state index < -0.39 is 40.2 Å². The average molecular weight is 298 g/mol. The largest absolute Gasteiger partial charge is 0.497 e. The number of hydrogen-bond acceptors (Lipinski definition) is 2. The fraction of sp³-hybridized carbons (Fsp3) is 0.133. The van der Waals surface area contributed by atoms with Gasteiger partial charge in [0, 0.05) is 18.2 Å². The SMILES string of the molecule is COc1cc(F)c(C(=O)c2cc(C)c(F)cc2F)c(F)c1. The fourth-order valence-electron chi connectivity index (χ4n) is 1.85. The van der Waals surface area contributed by atoms with Gasteiger partial charge >= 0.3 is 0 Å². The molecule has 2 aromatic rings. The highest BCUT2D eigenvalue weighted by Gasteiger charge is 2.24. The van der Waals surface area contributed by atoms with E-state index >= 15 is 0 Å². The van der Waals surface area contributed by atoms with E-state index in [0.717, 1.165) is 18.2 Å². The topological polar surface area (TPSA) is 26.3 Å². The highest BCUT2D eigenvalue weighted by molar-refractivity contribution is 6.09. The van der Waals surface area contributed by atoms with Crippen molar-refractivity contribution < 1.29 is 27.1 Å². The molecule has 0 saturated carbocycles. The molecule has 0 bridgehead atoms. The first-order valence-electron chi connectivity index (χ1n) is 5.88. The van der Waals surface area contributed by atoms with Gasteiger partial charge < -0.3 is 4.74 Å². The number of aryl methyl sites for hydroxylation is 1. The Labute approximate surface area is 118 Å². The Hall–Kier alpha value is -2.37. The van der Waals surface area contributed by atoms with Crippen molar-refractivity contribution in [2.24, 2.45) is 0 Å². The number of carbonyl (C=O) groups excluding carboxylic acids is 1. The molecular formula is C15H10F4O2. The summed E-state index contributed by atoms with van der Waals surface area (Å²) in [6.45, 7) is 1.31. The number of ether oxygens (including phenoxy) is 1. The van der Waals surface area contributed by atoms with E-state index in [4.69, 9.17) is 0 Å². The number of methoxy groups -OCH3 is 1. The van der Waals surface area contributed by atoms with Gasteiger partial charge in [0.15, 0.2) is 0 Å². The van der Waals surface area contributed by atoms with E-state index in [-0.39, 0.29) is 11.3 Å². The van der Waals surface area contributed by atoms with Crippen LogP contribution in [0.4, 0.5) is 17.6 Å². The Morgan fingerprint density at radius 2 is 1.48 bits per heavy atom. The normalized spacial score (nSPS) is 10.6. The van der Waals surface area contributed by atoms with Crippen LogP contribution in [0.3, 0.4) is 0 Å². The second kappa shape index (κ2) is 5.55. The van der Waals surface area contributed by atoms with Crippen LogP contribution >= 0.6 is 0 Å². The molecule has 110 valence electrons. The summed E-state index contributed by atoms with van der Waals surface area (Å²) in [6, 6.07) is 3.03. The summed E-state index contributed by atoms with van der Waals surface area (Å²) in [5.74, 6) is -5.71. The Bertz CT molecular complexity index is 703. The van der Waals surface area contributed by atoms with Gasteiger partial charge in [0.05, 0.1) is 18.2 Å². The first kappa shape index (κ1) is 15.0. The van der Waals surface area contributed by atoms with Crippen molar-refractivity contribution in [1.29, 1.82) is 0 Å². The summed E-state index contributed by atoms with van der Waals surface area (Å²) in [7, 11) is 1.21. The molecule has 0 aliphatic carbocycles. The second-order valence-corrected chi connectivity index (χ2v) is 4.38. The predicted octanol–water partition coefficient (Wildman–Crippen LogP) is 3.79. The van der Waals surface area contributed by atoms with E-state index in [9.17, 15) is 22.4 Å². The minimum absolute atomic E-state index is 0.00548. The summed E-state index contributed by atoms with van der Waals surface area (Å²) >= 11 is 0. The van der Waals surface area contributed by atoms with Crippen molar-refractivity contribution in [3.05, 3.63) is 64.2 Å². The number of ketones is 1. The molecule has 0 aromatic heterocycles. The van der Waals surface area contributed by atoms with Crippen molar-refractivity contribution in [3.63, 3.8) is 0 Å². The Kier molecular flexibility index (Phi) is 3.97. The van der Waals surface area contributed by atoms with Crippen molar-refractivity contribution in [3.8, 4) is 5.75 Å². The standard InChI is InChI=1S/C15H10F4O2/c1-7-3-9(11(17)6-10(7)16)15(20)14-12(18)4-8(21-2)5-13(14)19/h3-6H,1-2H3. The van der Waals surface area contributed by atoms with Crippen molar-refractivity contribution in [2.45, 2.75) is 6.92 Å². The molecule has 0 heterocycles. The lowest BCUT2D eigenvalue weighted by atomic mass is 9.99. The van der Waals surface area contributed by atoms with E-state index in [1.165, 1.54) is 14.0 Å². The molecule has 2 nitrogen and oxygen atoms in total. The maximum absolute atomic E-state index is 13.8. The molecule has 0 amide bonds. The van der Waals surface area contributed by atoms with Crippen LogP contribution in [0.15, 0.2) is 24.3 Å². The zero-order valence-electron chi connectivity index (χ0n) is 11.1. The summed E-state index contributed by atoms with van der Waals surface area (Å²) in [5, 5.41) is 0. The number of halogens is 4. The first-order chi connectivity index (χ1) is 9.85. The average Bonchev–Trinajstić information content (AvgIpc) is 2.41. The molecule has 0 aliphatic heterocycles. The molecule has 2 rings (SSSR count). The van der Waals surface area contributed by atoms with Gasteiger partial charge in [-0.15, -0.1) is 0 Å². The van der Waals surface area contributed by atoms with Crippen molar-refractivity contribution >= 4 is 5.78 Å². The first-order valence-corrected chi connectivity index (χ1v) is 5.88. The van der Waals surface area contributed by atoms with Gasteiger partial charge in [-0.2, -0.15) is 0 Å². The van der Waals surface area contributed by atoms with E-state index in [0.29, 0.717) is 6.07 Å². The molecule has 0 spiro atoms. The van der Waals surface area contributed by atoms with Gasteiger partial charge in [-0.3, -0.25) is 4.79 Å². The monoisotopic (exact) mass is 298 g/mol. The van der Waals surface area contributed by atoms with Crippen molar-refractivity contribution in [2.75, 3.05) is 7.11 Å². The minimum atomic E-state index is -1.20. The third kappa shape index (κ3) is 2.74. The molecule has 6 heteroatoms. The summed E-state index contributed by atoms with van der Waals surface area (Å²) in [5.41, 5.74) is -1.52. The van der Waals surface area contributed by atoms with Crippen molar-refractivity contribution in [1.82, 2.24) is 0 Å². The zero-order valence-corrected chi connectivity index (χ0v) is 11.1. The van der Waals surface area contributed by atoms with Gasteiger partial charge in [0.25, 0.3) is 0 Å². The number of benzene rings is 2. The highest BCUT2D eigenvalue weighted by Crippen LogP contribution is 2.25. The van der Waals surface area contributed by atoms with Crippen LogP contribution < -0.4 is 4.74 Å². The molecular weight excluding hydrogens is 288 g/mol. The number of carbonyl (C=O) groups is 1. The maximum atomic E-state index is 13.8. The lowest BCUT2D eigenvalue weighted by Gasteiger charge is -2.09.